The van der Waals surface area contributed by atoms with Gasteiger partial charge in [0.2, 0.25) is 0 Å². The molecule has 1 amide bonds. The first-order valence-electron chi connectivity index (χ1n) is 5.76. The minimum Gasteiger partial charge on any atom is -0.397 e. The third-order valence-corrected chi connectivity index (χ3v) is 3.31. The van der Waals surface area contributed by atoms with Gasteiger partial charge in [-0.1, -0.05) is 0 Å². The van der Waals surface area contributed by atoms with Crippen molar-refractivity contribution in [2.75, 3.05) is 11.1 Å². The average Bonchev–Trinajstić information content (AvgIpc) is 2.36. The third-order valence-electron chi connectivity index (χ3n) is 2.88. The van der Waals surface area contributed by atoms with Crippen molar-refractivity contribution in [3.63, 3.8) is 0 Å². The maximum atomic E-state index is 12.1. The number of rotatable bonds is 2. The molecule has 98 valence electrons. The molecule has 0 aliphatic heterocycles. The van der Waals surface area contributed by atoms with Crippen LogP contribution in [0, 0.1) is 13.8 Å². The van der Waals surface area contributed by atoms with Crippen molar-refractivity contribution >= 4 is 33.2 Å². The summed E-state index contributed by atoms with van der Waals surface area (Å²) < 4.78 is 0.758. The molecule has 1 aromatic carbocycles. The molecule has 2 aromatic rings. The topological polar surface area (TPSA) is 68.0 Å². The summed E-state index contributed by atoms with van der Waals surface area (Å²) in [5.41, 5.74) is 9.74. The predicted molar refractivity (Wildman–Crippen MR) is 80.2 cm³/mol. The lowest BCUT2D eigenvalue weighted by molar-refractivity contribution is 0.102. The second-order valence-corrected chi connectivity index (χ2v) is 5.29. The van der Waals surface area contributed by atoms with Crippen LogP contribution in [0.2, 0.25) is 0 Å². The molecule has 5 heteroatoms. The number of nitrogens with one attached hydrogen (secondary N) is 1. The van der Waals surface area contributed by atoms with Crippen molar-refractivity contribution in [3.8, 4) is 0 Å². The van der Waals surface area contributed by atoms with Crippen LogP contribution in [0.4, 0.5) is 11.4 Å². The standard InChI is InChI=1S/C14H14BrN3O/c1-8-3-12(16)13(4-9(8)2)18-14(19)10-5-11(15)7-17-6-10/h3-7H,16H2,1-2H3,(H,18,19). The number of nitrogens with two attached hydrogens (primary N) is 1. The molecule has 0 spiro atoms. The van der Waals surface area contributed by atoms with Gasteiger partial charge in [-0.25, -0.2) is 0 Å². The van der Waals surface area contributed by atoms with E-state index in [0.717, 1.165) is 15.6 Å². The smallest absolute Gasteiger partial charge is 0.257 e. The van der Waals surface area contributed by atoms with E-state index >= 15 is 0 Å². The number of aromatic nitrogens is 1. The lowest BCUT2D eigenvalue weighted by Crippen LogP contribution is -2.13. The van der Waals surface area contributed by atoms with Crippen LogP contribution in [0.15, 0.2) is 35.1 Å². The molecule has 2 rings (SSSR count). The lowest BCUT2D eigenvalue weighted by atomic mass is 10.1. The minimum absolute atomic E-state index is 0.233. The fourth-order valence-electron chi connectivity index (χ4n) is 1.68. The number of hydrogen-bond acceptors (Lipinski definition) is 3. The molecule has 0 atom stereocenters. The van der Waals surface area contributed by atoms with Crippen LogP contribution in [0.5, 0.6) is 0 Å². The third kappa shape index (κ3) is 3.12. The van der Waals surface area contributed by atoms with Gasteiger partial charge >= 0.3 is 0 Å². The van der Waals surface area contributed by atoms with Crippen LogP contribution in [-0.4, -0.2) is 10.9 Å². The quantitative estimate of drug-likeness (QED) is 0.834. The largest absolute Gasteiger partial charge is 0.397 e. The summed E-state index contributed by atoms with van der Waals surface area (Å²) in [6.07, 6.45) is 3.14. The molecule has 0 bridgehead atoms. The van der Waals surface area contributed by atoms with E-state index in [-0.39, 0.29) is 5.91 Å². The van der Waals surface area contributed by atoms with E-state index < -0.39 is 0 Å². The Morgan fingerprint density at radius 3 is 2.58 bits per heavy atom. The zero-order valence-corrected chi connectivity index (χ0v) is 12.3. The summed E-state index contributed by atoms with van der Waals surface area (Å²) in [6, 6.07) is 5.43. The maximum absolute atomic E-state index is 12.1. The fraction of sp³-hybridized carbons (Fsp3) is 0.143. The molecule has 1 aromatic heterocycles. The molecule has 0 radical (unpaired) electrons. The molecule has 1 heterocycles. The fourth-order valence-corrected chi connectivity index (χ4v) is 2.04. The van der Waals surface area contributed by atoms with E-state index in [2.05, 4.69) is 26.2 Å². The molecule has 0 aliphatic rings. The zero-order valence-electron chi connectivity index (χ0n) is 10.7. The van der Waals surface area contributed by atoms with Gasteiger partial charge in [0.25, 0.3) is 5.91 Å². The summed E-state index contributed by atoms with van der Waals surface area (Å²) in [7, 11) is 0. The number of pyridine rings is 1. The lowest BCUT2D eigenvalue weighted by Gasteiger charge is -2.11. The molecular formula is C14H14BrN3O. The molecule has 0 aliphatic carbocycles. The Morgan fingerprint density at radius 2 is 1.89 bits per heavy atom. The first-order valence-corrected chi connectivity index (χ1v) is 6.55. The Labute approximate surface area is 120 Å². The van der Waals surface area contributed by atoms with Gasteiger partial charge in [0.05, 0.1) is 16.9 Å². The first-order chi connectivity index (χ1) is 8.97. The highest BCUT2D eigenvalue weighted by atomic mass is 79.9. The monoisotopic (exact) mass is 319 g/mol. The van der Waals surface area contributed by atoms with E-state index in [0.29, 0.717) is 16.9 Å². The van der Waals surface area contributed by atoms with Crippen LogP contribution >= 0.6 is 15.9 Å². The molecule has 0 fully saturated rings. The SMILES string of the molecule is Cc1cc(N)c(NC(=O)c2cncc(Br)c2)cc1C. The summed E-state index contributed by atoms with van der Waals surface area (Å²) in [5, 5.41) is 2.80. The molecule has 0 unspecified atom stereocenters. The van der Waals surface area contributed by atoms with Gasteiger partial charge in [0.15, 0.2) is 0 Å². The highest BCUT2D eigenvalue weighted by Gasteiger charge is 2.10. The van der Waals surface area contributed by atoms with Crippen molar-refractivity contribution in [1.82, 2.24) is 4.98 Å². The first kappa shape index (κ1) is 13.5. The second-order valence-electron chi connectivity index (χ2n) is 4.37. The Hall–Kier alpha value is -1.88. The van der Waals surface area contributed by atoms with Crippen molar-refractivity contribution in [3.05, 3.63) is 51.8 Å². The number of carbonyl (C=O) groups excluding carboxylic acids is 1. The number of nitrogens with zero attached hydrogens (tertiary/aromatic N) is 1. The van der Waals surface area contributed by atoms with Crippen molar-refractivity contribution in [1.29, 1.82) is 0 Å². The summed E-state index contributed by atoms with van der Waals surface area (Å²) in [5.74, 6) is -0.233. The van der Waals surface area contributed by atoms with E-state index in [1.165, 1.54) is 6.20 Å². The van der Waals surface area contributed by atoms with Crippen LogP contribution in [-0.2, 0) is 0 Å². The number of hydrogen-bond donors (Lipinski definition) is 2. The number of amides is 1. The van der Waals surface area contributed by atoms with Crippen LogP contribution in [0.25, 0.3) is 0 Å². The summed E-state index contributed by atoms with van der Waals surface area (Å²) >= 11 is 3.28. The number of nitrogen functional groups attached to an aromatic ring is 1. The number of carbonyl (C=O) groups is 1. The number of anilines is 2. The average molecular weight is 320 g/mol. The molecule has 19 heavy (non-hydrogen) atoms. The molecule has 4 nitrogen and oxygen atoms in total. The minimum atomic E-state index is -0.233. The highest BCUT2D eigenvalue weighted by molar-refractivity contribution is 9.10. The summed E-state index contributed by atoms with van der Waals surface area (Å²) in [6.45, 7) is 3.96. The van der Waals surface area contributed by atoms with Crippen molar-refractivity contribution in [2.24, 2.45) is 0 Å². The van der Waals surface area contributed by atoms with Crippen molar-refractivity contribution < 1.29 is 4.79 Å². The van der Waals surface area contributed by atoms with Gasteiger partial charge in [0.1, 0.15) is 0 Å². The van der Waals surface area contributed by atoms with Gasteiger partial charge in [-0.15, -0.1) is 0 Å². The van der Waals surface area contributed by atoms with Gasteiger partial charge in [-0.2, -0.15) is 0 Å². The van der Waals surface area contributed by atoms with Crippen LogP contribution in [0.1, 0.15) is 21.5 Å². The highest BCUT2D eigenvalue weighted by Crippen LogP contribution is 2.23. The van der Waals surface area contributed by atoms with Crippen molar-refractivity contribution in [2.45, 2.75) is 13.8 Å². The second kappa shape index (κ2) is 5.40. The normalized spacial score (nSPS) is 10.3. The van der Waals surface area contributed by atoms with E-state index in [9.17, 15) is 4.79 Å². The van der Waals surface area contributed by atoms with E-state index in [4.69, 9.17) is 5.73 Å². The number of aryl methyl sites for hydroxylation is 2. The maximum Gasteiger partial charge on any atom is 0.257 e. The number of benzene rings is 1. The van der Waals surface area contributed by atoms with Crippen LogP contribution < -0.4 is 11.1 Å². The zero-order chi connectivity index (χ0) is 14.0. The molecular weight excluding hydrogens is 306 g/mol. The molecule has 0 saturated carbocycles. The summed E-state index contributed by atoms with van der Waals surface area (Å²) in [4.78, 5) is 16.0. The Bertz CT molecular complexity index is 641. The van der Waals surface area contributed by atoms with E-state index in [1.54, 1.807) is 12.3 Å². The van der Waals surface area contributed by atoms with Gasteiger partial charge < -0.3 is 11.1 Å². The molecule has 0 saturated heterocycles. The molecule has 3 N–H and O–H groups in total. The van der Waals surface area contributed by atoms with Gasteiger partial charge in [-0.05, 0) is 59.1 Å². The van der Waals surface area contributed by atoms with E-state index in [1.807, 2.05) is 26.0 Å². The van der Waals surface area contributed by atoms with Gasteiger partial charge in [-0.3, -0.25) is 9.78 Å². The van der Waals surface area contributed by atoms with Gasteiger partial charge in [0, 0.05) is 16.9 Å². The Balaban J connectivity index is 2.27. The van der Waals surface area contributed by atoms with Crippen LogP contribution in [0.3, 0.4) is 0 Å². The number of halogens is 1. The predicted octanol–water partition coefficient (Wildman–Crippen LogP) is 3.30. The Kier molecular flexibility index (Phi) is 3.85. The Morgan fingerprint density at radius 1 is 1.21 bits per heavy atom.